The average Bonchev–Trinajstić information content (AvgIpc) is 3.57. The maximum absolute atomic E-state index is 14.0. The van der Waals surface area contributed by atoms with Crippen molar-refractivity contribution in [2.24, 2.45) is 0 Å². The molecule has 5 aromatic rings. The topological polar surface area (TPSA) is 119 Å². The molecule has 1 aromatic heterocycles. The number of aromatic nitrogens is 1. The standard InChI is InChI=1S/C31H27N3O7S/c1-39-29(40-2)19-33(42(37,38)24-16-13-20-7-3-4-8-22(20)17-24)26-18-28(35)34(31(26)36)23-14-11-21(12-15-23)30-32-25-9-5-6-10-27(25)41-30/h3-17,26,29H,18-19H2,1-2H3. The third-order valence-corrected chi connectivity index (χ3v) is 9.19. The van der Waals surface area contributed by atoms with Crippen molar-refractivity contribution in [1.29, 1.82) is 0 Å². The molecule has 0 N–H and O–H groups in total. The van der Waals surface area contributed by atoms with Crippen LogP contribution in [0.4, 0.5) is 5.69 Å². The van der Waals surface area contributed by atoms with E-state index in [1.165, 1.54) is 20.3 Å². The quantitative estimate of drug-likeness (QED) is 0.182. The largest absolute Gasteiger partial charge is 0.436 e. The van der Waals surface area contributed by atoms with Crippen LogP contribution in [0.15, 0.2) is 100 Å². The summed E-state index contributed by atoms with van der Waals surface area (Å²) in [5.41, 5.74) is 2.32. The summed E-state index contributed by atoms with van der Waals surface area (Å²) in [6, 6.07) is 24.8. The van der Waals surface area contributed by atoms with E-state index in [0.717, 1.165) is 20.0 Å². The number of anilines is 1. The number of hydrogen-bond donors (Lipinski definition) is 0. The number of sulfonamides is 1. The molecule has 10 nitrogen and oxygen atoms in total. The maximum atomic E-state index is 14.0. The van der Waals surface area contributed by atoms with Crippen LogP contribution >= 0.6 is 0 Å². The number of oxazole rings is 1. The molecule has 4 aromatic carbocycles. The second-order valence-electron chi connectivity index (χ2n) is 9.81. The van der Waals surface area contributed by atoms with Gasteiger partial charge in [-0.05, 0) is 59.3 Å². The zero-order chi connectivity index (χ0) is 29.4. The lowest BCUT2D eigenvalue weighted by atomic mass is 10.1. The minimum Gasteiger partial charge on any atom is -0.436 e. The SMILES string of the molecule is COC(CN(C1CC(=O)N(c2ccc(-c3nc4ccccc4o3)cc2)C1=O)S(=O)(=O)c1ccc2ccccc2c1)OC. The second kappa shape index (κ2) is 11.1. The normalized spacial score (nSPS) is 16.0. The molecule has 2 amide bonds. The summed E-state index contributed by atoms with van der Waals surface area (Å²) in [6.07, 6.45) is -1.30. The predicted molar refractivity (Wildman–Crippen MR) is 156 cm³/mol. The third kappa shape index (κ3) is 4.96. The number of benzene rings is 4. The van der Waals surface area contributed by atoms with E-state index < -0.39 is 34.2 Å². The molecule has 214 valence electrons. The molecule has 1 atom stereocenters. The number of rotatable bonds is 9. The van der Waals surface area contributed by atoms with Crippen LogP contribution in [-0.4, -0.2) is 62.6 Å². The zero-order valence-electron chi connectivity index (χ0n) is 22.8. The Kier molecular flexibility index (Phi) is 7.33. The summed E-state index contributed by atoms with van der Waals surface area (Å²) in [4.78, 5) is 32.5. The van der Waals surface area contributed by atoms with Crippen molar-refractivity contribution < 1.29 is 31.9 Å². The van der Waals surface area contributed by atoms with E-state index in [4.69, 9.17) is 13.9 Å². The Hall–Kier alpha value is -4.42. The van der Waals surface area contributed by atoms with Gasteiger partial charge in [-0.25, -0.2) is 18.3 Å². The van der Waals surface area contributed by atoms with Gasteiger partial charge in [0.2, 0.25) is 21.8 Å². The van der Waals surface area contributed by atoms with Crippen LogP contribution < -0.4 is 4.90 Å². The van der Waals surface area contributed by atoms with Crippen molar-refractivity contribution in [3.05, 3.63) is 91.0 Å². The van der Waals surface area contributed by atoms with Gasteiger partial charge in [0.05, 0.1) is 23.5 Å². The highest BCUT2D eigenvalue weighted by molar-refractivity contribution is 7.89. The van der Waals surface area contributed by atoms with Gasteiger partial charge >= 0.3 is 0 Å². The number of carbonyl (C=O) groups excluding carboxylic acids is 2. The molecule has 42 heavy (non-hydrogen) atoms. The molecule has 1 unspecified atom stereocenters. The van der Waals surface area contributed by atoms with E-state index in [2.05, 4.69) is 4.98 Å². The minimum atomic E-state index is -4.26. The van der Waals surface area contributed by atoms with E-state index in [1.807, 2.05) is 48.5 Å². The van der Waals surface area contributed by atoms with E-state index in [1.54, 1.807) is 36.4 Å². The summed E-state index contributed by atoms with van der Waals surface area (Å²) in [6.45, 7) is -0.295. The number of para-hydroxylation sites is 2. The van der Waals surface area contributed by atoms with Gasteiger partial charge < -0.3 is 13.9 Å². The smallest absolute Gasteiger partial charge is 0.252 e. The molecule has 0 bridgehead atoms. The van der Waals surface area contributed by atoms with Crippen LogP contribution in [0.3, 0.4) is 0 Å². The summed E-state index contributed by atoms with van der Waals surface area (Å²) in [5.74, 6) is -0.785. The Bertz CT molecular complexity index is 1870. The van der Waals surface area contributed by atoms with Crippen molar-refractivity contribution in [2.75, 3.05) is 25.7 Å². The van der Waals surface area contributed by atoms with Crippen LogP contribution in [0.1, 0.15) is 6.42 Å². The number of hydrogen-bond acceptors (Lipinski definition) is 8. The lowest BCUT2D eigenvalue weighted by Crippen LogP contribution is -2.49. The molecule has 0 radical (unpaired) electrons. The number of ether oxygens (including phenoxy) is 2. The highest BCUT2D eigenvalue weighted by Crippen LogP contribution is 2.32. The molecule has 6 rings (SSSR count). The van der Waals surface area contributed by atoms with Crippen molar-refractivity contribution in [3.63, 3.8) is 0 Å². The summed E-state index contributed by atoms with van der Waals surface area (Å²) < 4.78 is 45.4. The Morgan fingerprint density at radius 3 is 2.33 bits per heavy atom. The van der Waals surface area contributed by atoms with Gasteiger partial charge in [-0.3, -0.25) is 9.59 Å². The van der Waals surface area contributed by atoms with Gasteiger partial charge in [-0.15, -0.1) is 0 Å². The highest BCUT2D eigenvalue weighted by atomic mass is 32.2. The molecule has 11 heteroatoms. The molecule has 0 spiro atoms. The Morgan fingerprint density at radius 2 is 1.62 bits per heavy atom. The molecule has 1 aliphatic heterocycles. The first-order valence-electron chi connectivity index (χ1n) is 13.2. The number of carbonyl (C=O) groups is 2. The zero-order valence-corrected chi connectivity index (χ0v) is 23.7. The van der Waals surface area contributed by atoms with Crippen molar-refractivity contribution in [3.8, 4) is 11.5 Å². The molecule has 1 fully saturated rings. The van der Waals surface area contributed by atoms with E-state index in [-0.39, 0.29) is 17.9 Å². The molecule has 0 saturated carbocycles. The Morgan fingerprint density at radius 1 is 0.929 bits per heavy atom. The highest BCUT2D eigenvalue weighted by Gasteiger charge is 2.47. The fourth-order valence-corrected chi connectivity index (χ4v) is 6.71. The van der Waals surface area contributed by atoms with Gasteiger partial charge in [0.15, 0.2) is 11.9 Å². The number of amides is 2. The third-order valence-electron chi connectivity index (χ3n) is 7.32. The first-order chi connectivity index (χ1) is 20.3. The Labute approximate surface area is 242 Å². The first kappa shape index (κ1) is 27.7. The molecular weight excluding hydrogens is 558 g/mol. The van der Waals surface area contributed by atoms with Crippen molar-refractivity contribution in [2.45, 2.75) is 23.6 Å². The fourth-order valence-electron chi connectivity index (χ4n) is 5.11. The minimum absolute atomic E-state index is 0.00598. The average molecular weight is 586 g/mol. The van der Waals surface area contributed by atoms with E-state index in [0.29, 0.717) is 28.2 Å². The number of nitrogens with zero attached hydrogens (tertiary/aromatic N) is 3. The molecule has 2 heterocycles. The van der Waals surface area contributed by atoms with Crippen LogP contribution in [0, 0.1) is 0 Å². The molecule has 0 aliphatic carbocycles. The van der Waals surface area contributed by atoms with Crippen LogP contribution in [-0.2, 0) is 29.1 Å². The lowest BCUT2D eigenvalue weighted by molar-refractivity contribution is -0.125. The number of fused-ring (bicyclic) bond motifs is 2. The second-order valence-corrected chi connectivity index (χ2v) is 11.7. The van der Waals surface area contributed by atoms with Gasteiger partial charge in [0.25, 0.3) is 5.91 Å². The van der Waals surface area contributed by atoms with Crippen LogP contribution in [0.2, 0.25) is 0 Å². The molecule has 1 aliphatic rings. The number of imide groups is 1. The molecule has 1 saturated heterocycles. The summed E-state index contributed by atoms with van der Waals surface area (Å²) in [7, 11) is -1.50. The summed E-state index contributed by atoms with van der Waals surface area (Å²) in [5, 5.41) is 1.59. The summed E-state index contributed by atoms with van der Waals surface area (Å²) >= 11 is 0. The van der Waals surface area contributed by atoms with Gasteiger partial charge in [-0.1, -0.05) is 42.5 Å². The fraction of sp³-hybridized carbons (Fsp3) is 0.194. The van der Waals surface area contributed by atoms with Crippen LogP contribution in [0.25, 0.3) is 33.3 Å². The van der Waals surface area contributed by atoms with Crippen LogP contribution in [0.5, 0.6) is 0 Å². The maximum Gasteiger partial charge on any atom is 0.252 e. The Balaban J connectivity index is 1.32. The first-order valence-corrected chi connectivity index (χ1v) is 14.6. The lowest BCUT2D eigenvalue weighted by Gasteiger charge is -2.29. The molecular formula is C31H27N3O7S. The van der Waals surface area contributed by atoms with Crippen molar-refractivity contribution >= 4 is 49.4 Å². The van der Waals surface area contributed by atoms with Gasteiger partial charge in [-0.2, -0.15) is 4.31 Å². The predicted octanol–water partition coefficient (Wildman–Crippen LogP) is 4.59. The monoisotopic (exact) mass is 585 g/mol. The van der Waals surface area contributed by atoms with Crippen molar-refractivity contribution in [1.82, 2.24) is 9.29 Å². The van der Waals surface area contributed by atoms with Gasteiger partial charge in [0.1, 0.15) is 11.6 Å². The number of methoxy groups -OCH3 is 2. The van der Waals surface area contributed by atoms with E-state index in [9.17, 15) is 18.0 Å². The van der Waals surface area contributed by atoms with Gasteiger partial charge in [0, 0.05) is 19.8 Å². The van der Waals surface area contributed by atoms with E-state index >= 15 is 0 Å².